The zero-order valence-corrected chi connectivity index (χ0v) is 43.4. The van der Waals surface area contributed by atoms with Crippen LogP contribution in [0.25, 0.3) is 0 Å². The number of likely N-dealkylation sites (tertiary alicyclic amines) is 1. The second kappa shape index (κ2) is 29.3. The van der Waals surface area contributed by atoms with Gasteiger partial charge in [0.05, 0.1) is 36.6 Å². The van der Waals surface area contributed by atoms with Gasteiger partial charge >= 0.3 is 0 Å². The Morgan fingerprint density at radius 3 is 2.20 bits per heavy atom. The molecule has 2 saturated heterocycles. The number of unbranched alkanes of at least 4 members (excludes halogenated alkanes) is 2. The van der Waals surface area contributed by atoms with Gasteiger partial charge in [0, 0.05) is 86.6 Å². The molecule has 2 aliphatic heterocycles. The van der Waals surface area contributed by atoms with Crippen LogP contribution >= 0.6 is 0 Å². The second-order valence-corrected chi connectivity index (χ2v) is 18.8. The normalized spacial score (nSPS) is 17.2. The summed E-state index contributed by atoms with van der Waals surface area (Å²) < 4.78 is 12.0. The number of rotatable bonds is 28. The van der Waals surface area contributed by atoms with Crippen LogP contribution in [-0.2, 0) is 56.0 Å². The summed E-state index contributed by atoms with van der Waals surface area (Å²) in [6.07, 6.45) is 6.69. The maximum atomic E-state index is 14.3. The highest BCUT2D eigenvalue weighted by molar-refractivity contribution is 5.98. The van der Waals surface area contributed by atoms with Gasteiger partial charge < -0.3 is 45.0 Å². The summed E-state index contributed by atoms with van der Waals surface area (Å²) in [5, 5.41) is 8.85. The molecule has 71 heavy (non-hydrogen) atoms. The lowest BCUT2D eigenvalue weighted by atomic mass is 9.90. The van der Waals surface area contributed by atoms with Gasteiger partial charge in [-0.3, -0.25) is 38.5 Å². The van der Waals surface area contributed by atoms with Gasteiger partial charge in [-0.05, 0) is 67.9 Å². The van der Waals surface area contributed by atoms with E-state index in [9.17, 15) is 33.6 Å². The molecule has 390 valence electrons. The molecule has 4 rings (SSSR count). The maximum absolute atomic E-state index is 14.3. The van der Waals surface area contributed by atoms with Crippen molar-refractivity contribution >= 4 is 53.5 Å². The first kappa shape index (κ1) is 57.4. The quantitative estimate of drug-likeness (QED) is 0.0626. The summed E-state index contributed by atoms with van der Waals surface area (Å²) >= 11 is 0. The van der Waals surface area contributed by atoms with E-state index in [2.05, 4.69) is 34.8 Å². The Kier molecular flexibility index (Phi) is 23.7. The smallest absolute Gasteiger partial charge is 0.252 e. The lowest BCUT2D eigenvalue weighted by Crippen LogP contribution is -2.54. The van der Waals surface area contributed by atoms with Gasteiger partial charge in [-0.15, -0.1) is 0 Å². The van der Waals surface area contributed by atoms with E-state index in [-0.39, 0.29) is 55.5 Å². The first-order valence-corrected chi connectivity index (χ1v) is 25.0. The highest BCUT2D eigenvalue weighted by atomic mass is 16.5. The van der Waals surface area contributed by atoms with Crippen molar-refractivity contribution in [1.29, 1.82) is 0 Å². The van der Waals surface area contributed by atoms with E-state index in [1.807, 2.05) is 54.2 Å². The third kappa shape index (κ3) is 17.0. The number of imide groups is 1. The Labute approximate surface area is 420 Å². The molecule has 2 aromatic carbocycles. The molecule has 2 fully saturated rings. The number of hydrogen-bond donors (Lipinski definition) is 3. The number of methoxy groups -OCH3 is 2. The van der Waals surface area contributed by atoms with Crippen molar-refractivity contribution in [3.63, 3.8) is 0 Å². The molecule has 2 heterocycles. The Balaban J connectivity index is 1.36. The summed E-state index contributed by atoms with van der Waals surface area (Å²) in [5.74, 6) is -1.59. The van der Waals surface area contributed by atoms with Gasteiger partial charge in [0.2, 0.25) is 35.9 Å². The van der Waals surface area contributed by atoms with E-state index in [1.54, 1.807) is 68.1 Å². The van der Waals surface area contributed by atoms with Crippen LogP contribution in [0.15, 0.2) is 71.7 Å². The SMILES string of the molecule is C/C=C\C(=O)N(C=O)CCCCCC(=O)NCc1ccc(NC(=O)[C@H](Cc2ccccc2)NC(=O)C(C)C(OC)C2CCCN2C(=O)CC(OC)C(C(C)CC)N(C)C(=O)CN=C2N(C)CCN2C)cc1. The predicted molar refractivity (Wildman–Crippen MR) is 274 cm³/mol. The maximum Gasteiger partial charge on any atom is 0.252 e. The number of benzene rings is 2. The van der Waals surface area contributed by atoms with E-state index < -0.39 is 48.1 Å². The number of nitrogens with zero attached hydrogens (tertiary/aromatic N) is 6. The van der Waals surface area contributed by atoms with Crippen molar-refractivity contribution in [2.75, 3.05) is 73.4 Å². The number of anilines is 1. The molecule has 18 heteroatoms. The number of aliphatic imine (C=N–C) groups is 1. The van der Waals surface area contributed by atoms with Crippen molar-refractivity contribution in [1.82, 2.24) is 35.1 Å². The number of amides is 7. The van der Waals surface area contributed by atoms with E-state index in [1.165, 1.54) is 13.2 Å². The molecule has 18 nitrogen and oxygen atoms in total. The molecule has 6 unspecified atom stereocenters. The van der Waals surface area contributed by atoms with Crippen LogP contribution in [0.2, 0.25) is 0 Å². The minimum atomic E-state index is -0.952. The molecule has 2 aromatic rings. The van der Waals surface area contributed by atoms with E-state index in [4.69, 9.17) is 9.47 Å². The van der Waals surface area contributed by atoms with E-state index in [0.717, 1.165) is 47.9 Å². The number of allylic oxidation sites excluding steroid dienone is 1. The van der Waals surface area contributed by atoms with Crippen LogP contribution in [0.5, 0.6) is 0 Å². The first-order valence-electron chi connectivity index (χ1n) is 25.0. The van der Waals surface area contributed by atoms with Crippen LogP contribution in [0.3, 0.4) is 0 Å². The van der Waals surface area contributed by atoms with Crippen LogP contribution in [0.1, 0.15) is 90.2 Å². The molecule has 3 N–H and O–H groups in total. The molecule has 0 spiro atoms. The van der Waals surface area contributed by atoms with Crippen LogP contribution in [0.4, 0.5) is 5.69 Å². The van der Waals surface area contributed by atoms with Gasteiger partial charge in [-0.25, -0.2) is 4.99 Å². The Morgan fingerprint density at radius 1 is 0.887 bits per heavy atom. The summed E-state index contributed by atoms with van der Waals surface area (Å²) in [5.41, 5.74) is 2.19. The van der Waals surface area contributed by atoms with Gasteiger partial charge in [0.15, 0.2) is 5.96 Å². The average molecular weight is 986 g/mol. The van der Waals surface area contributed by atoms with Gasteiger partial charge in [0.1, 0.15) is 12.6 Å². The van der Waals surface area contributed by atoms with Gasteiger partial charge in [0.25, 0.3) is 5.91 Å². The monoisotopic (exact) mass is 986 g/mol. The van der Waals surface area contributed by atoms with Gasteiger partial charge in [-0.1, -0.05) is 82.2 Å². The summed E-state index contributed by atoms with van der Waals surface area (Å²) in [6, 6.07) is 14.7. The largest absolute Gasteiger partial charge is 0.379 e. The molecular weight excluding hydrogens is 907 g/mol. The lowest BCUT2D eigenvalue weighted by Gasteiger charge is -2.39. The molecule has 0 radical (unpaired) electrons. The fourth-order valence-corrected chi connectivity index (χ4v) is 9.39. The summed E-state index contributed by atoms with van der Waals surface area (Å²) in [4.78, 5) is 105. The Bertz CT molecular complexity index is 2110. The van der Waals surface area contributed by atoms with Crippen LogP contribution in [-0.4, -0.2) is 171 Å². The number of carbonyl (C=O) groups excluding carboxylic acids is 7. The van der Waals surface area contributed by atoms with Crippen molar-refractivity contribution in [2.45, 2.75) is 122 Å². The van der Waals surface area contributed by atoms with E-state index in [0.29, 0.717) is 57.3 Å². The number of ether oxygens (including phenoxy) is 2. The molecule has 7 amide bonds. The fourth-order valence-electron chi connectivity index (χ4n) is 9.39. The number of hydrogen-bond acceptors (Lipinski definition) is 10. The minimum absolute atomic E-state index is 0.0158. The first-order chi connectivity index (χ1) is 34.1. The topological polar surface area (TPSA) is 203 Å². The molecule has 0 saturated carbocycles. The zero-order valence-electron chi connectivity index (χ0n) is 43.4. The van der Waals surface area contributed by atoms with Crippen molar-refractivity contribution in [2.24, 2.45) is 16.8 Å². The average Bonchev–Trinajstić information content (AvgIpc) is 3.98. The molecule has 0 aromatic heterocycles. The van der Waals surface area contributed by atoms with Crippen molar-refractivity contribution < 1.29 is 43.0 Å². The zero-order chi connectivity index (χ0) is 52.0. The molecule has 0 bridgehead atoms. The highest BCUT2D eigenvalue weighted by Gasteiger charge is 2.42. The second-order valence-electron chi connectivity index (χ2n) is 18.8. The number of nitrogens with one attached hydrogen (secondary N) is 3. The van der Waals surface area contributed by atoms with Gasteiger partial charge in [-0.2, -0.15) is 0 Å². The molecule has 7 atom stereocenters. The molecule has 0 aliphatic carbocycles. The number of guanidine groups is 1. The lowest BCUT2D eigenvalue weighted by molar-refractivity contribution is -0.145. The van der Waals surface area contributed by atoms with Crippen molar-refractivity contribution in [3.8, 4) is 0 Å². The highest BCUT2D eigenvalue weighted by Crippen LogP contribution is 2.29. The van der Waals surface area contributed by atoms with Crippen molar-refractivity contribution in [3.05, 3.63) is 77.9 Å². The minimum Gasteiger partial charge on any atom is -0.379 e. The summed E-state index contributed by atoms with van der Waals surface area (Å²) in [6.45, 7) is 10.3. The standard InChI is InChI=1S/C53H79N9O9/c1-10-19-46(65)61(36-63)28-17-13-16-23-45(64)54-34-40-24-26-41(27-25-40)56-52(69)42(32-39-20-14-12-15-21-39)57-51(68)38(4)50(71-9)43-22-18-29-62(43)47(66)33-44(70-8)49(37(3)11-2)60(7)48(67)35-55-53-58(5)30-31-59(53)6/h10,12,14-15,19-21,24-27,36-38,42-44,49-50H,11,13,16-18,22-23,28-35H2,1-9H3,(H,54,64)(H,56,69)(H,57,68)/b19-10-/t37?,38?,42-,43?,44?,49?,50?/m0/s1. The number of carbonyl (C=O) groups is 7. The Hall–Kier alpha value is -6.14. The predicted octanol–water partition coefficient (Wildman–Crippen LogP) is 4.24. The van der Waals surface area contributed by atoms with E-state index >= 15 is 0 Å². The van der Waals surface area contributed by atoms with Crippen LogP contribution < -0.4 is 16.0 Å². The molecule has 2 aliphatic rings. The Morgan fingerprint density at radius 2 is 1.58 bits per heavy atom. The van der Waals surface area contributed by atoms with Crippen LogP contribution in [0, 0.1) is 11.8 Å². The molecular formula is C53H79N9O9. The third-order valence-corrected chi connectivity index (χ3v) is 13.8. The fraction of sp³-hybridized carbons (Fsp3) is 0.585. The third-order valence-electron chi connectivity index (χ3n) is 13.8. The summed E-state index contributed by atoms with van der Waals surface area (Å²) in [7, 11) is 8.76. The number of likely N-dealkylation sites (N-methyl/N-ethyl adjacent to an activating group) is 3.